The third kappa shape index (κ3) is 4.22. The van der Waals surface area contributed by atoms with E-state index in [9.17, 15) is 4.79 Å². The molecule has 10 heteroatoms. The summed E-state index contributed by atoms with van der Waals surface area (Å²) in [5.74, 6) is 3.98. The molecule has 2 bridgehead atoms. The van der Waals surface area contributed by atoms with Crippen LogP contribution in [0.5, 0.6) is 17.2 Å². The first-order valence-electron chi connectivity index (χ1n) is 16.0. The maximum atomic E-state index is 13.7. The molecule has 5 aromatic rings. The minimum atomic E-state index is 0.00349. The van der Waals surface area contributed by atoms with Gasteiger partial charge in [0.25, 0.3) is 5.91 Å². The summed E-state index contributed by atoms with van der Waals surface area (Å²) < 4.78 is 21.8. The maximum absolute atomic E-state index is 13.7. The number of fused-ring (bicyclic) bond motifs is 5. The van der Waals surface area contributed by atoms with Crippen molar-refractivity contribution in [3.8, 4) is 40.0 Å². The number of aryl methyl sites for hydroxylation is 1. The summed E-state index contributed by atoms with van der Waals surface area (Å²) in [5, 5.41) is 1.06. The lowest BCUT2D eigenvalue weighted by Crippen LogP contribution is -2.41. The Kier molecular flexibility index (Phi) is 5.94. The Balaban J connectivity index is 1.14. The zero-order valence-corrected chi connectivity index (χ0v) is 25.5. The lowest BCUT2D eigenvalue weighted by Gasteiger charge is -2.27. The van der Waals surface area contributed by atoms with Crippen molar-refractivity contribution in [2.24, 2.45) is 24.6 Å². The van der Waals surface area contributed by atoms with Crippen molar-refractivity contribution in [1.82, 2.24) is 24.0 Å². The average Bonchev–Trinajstić information content (AvgIpc) is 3.47. The third-order valence-corrected chi connectivity index (χ3v) is 10.3. The first-order chi connectivity index (χ1) is 22.0. The van der Waals surface area contributed by atoms with E-state index in [0.29, 0.717) is 36.4 Å². The van der Waals surface area contributed by atoms with Gasteiger partial charge in [0.2, 0.25) is 0 Å². The molecule has 1 amide bonds. The number of methoxy groups -OCH3 is 1. The van der Waals surface area contributed by atoms with Crippen molar-refractivity contribution >= 4 is 28.0 Å². The van der Waals surface area contributed by atoms with Crippen molar-refractivity contribution in [3.05, 3.63) is 54.1 Å². The molecule has 2 aliphatic heterocycles. The van der Waals surface area contributed by atoms with E-state index in [1.165, 1.54) is 12.8 Å². The van der Waals surface area contributed by atoms with Crippen molar-refractivity contribution in [3.63, 3.8) is 0 Å². The summed E-state index contributed by atoms with van der Waals surface area (Å²) >= 11 is 0. The van der Waals surface area contributed by atoms with Crippen molar-refractivity contribution < 1.29 is 19.0 Å². The molecule has 2 aliphatic carbocycles. The van der Waals surface area contributed by atoms with Gasteiger partial charge in [0.05, 0.1) is 24.0 Å². The molecule has 2 unspecified atom stereocenters. The van der Waals surface area contributed by atoms with Crippen LogP contribution in [0.15, 0.2) is 48.5 Å². The third-order valence-electron chi connectivity index (χ3n) is 10.3. The van der Waals surface area contributed by atoms with Gasteiger partial charge in [-0.25, -0.2) is 9.97 Å². The molecule has 2 saturated carbocycles. The molecular formula is C35H36N6O4. The summed E-state index contributed by atoms with van der Waals surface area (Å²) in [6.45, 7) is 2.70. The predicted octanol–water partition coefficient (Wildman–Crippen LogP) is 5.01. The number of nitrogens with two attached hydrogens (primary N) is 1. The number of carbonyl (C=O) groups excluding carboxylic acids is 1. The second-order valence-corrected chi connectivity index (χ2v) is 13.0. The minimum Gasteiger partial charge on any atom is -0.494 e. The second kappa shape index (κ2) is 9.97. The van der Waals surface area contributed by atoms with Crippen LogP contribution in [-0.4, -0.2) is 68.9 Å². The van der Waals surface area contributed by atoms with Crippen LogP contribution in [0.4, 0.5) is 0 Å². The lowest BCUT2D eigenvalue weighted by molar-refractivity contribution is 0.0700. The van der Waals surface area contributed by atoms with Gasteiger partial charge in [-0.3, -0.25) is 4.79 Å². The SMILES string of the molecule is COc1cc(C(=O)N2CC3CCC2[C@@H]3N)cc2nc(-c3cc4ccc(-c5ccc6c(c5)OCCO6)nc4n3CC3CC3)n(C)c12. The molecule has 2 aromatic carbocycles. The van der Waals surface area contributed by atoms with Crippen LogP contribution in [0.2, 0.25) is 0 Å². The Morgan fingerprint density at radius 2 is 1.84 bits per heavy atom. The van der Waals surface area contributed by atoms with Crippen LogP contribution < -0.4 is 19.9 Å². The van der Waals surface area contributed by atoms with Gasteiger partial charge in [-0.1, -0.05) is 0 Å². The van der Waals surface area contributed by atoms with E-state index in [0.717, 1.165) is 82.3 Å². The largest absolute Gasteiger partial charge is 0.494 e. The molecular weight excluding hydrogens is 568 g/mol. The summed E-state index contributed by atoms with van der Waals surface area (Å²) in [6.07, 6.45) is 4.50. The molecule has 4 aliphatic rings. The molecule has 1 saturated heterocycles. The molecule has 0 radical (unpaired) electrons. The van der Waals surface area contributed by atoms with Gasteiger partial charge in [0.1, 0.15) is 30.1 Å². The molecule has 230 valence electrons. The van der Waals surface area contributed by atoms with Gasteiger partial charge in [-0.2, -0.15) is 0 Å². The number of imidazole rings is 1. The highest BCUT2D eigenvalue weighted by molar-refractivity contribution is 6.00. The highest BCUT2D eigenvalue weighted by atomic mass is 16.6. The first-order valence-corrected chi connectivity index (χ1v) is 16.0. The maximum Gasteiger partial charge on any atom is 0.254 e. The lowest BCUT2D eigenvalue weighted by atomic mass is 10.1. The molecule has 3 fully saturated rings. The topological polar surface area (TPSA) is 110 Å². The number of rotatable bonds is 6. The number of hydrogen-bond acceptors (Lipinski definition) is 7. The van der Waals surface area contributed by atoms with E-state index >= 15 is 0 Å². The van der Waals surface area contributed by atoms with Crippen LogP contribution in [0.1, 0.15) is 36.0 Å². The van der Waals surface area contributed by atoms with E-state index in [4.69, 9.17) is 29.9 Å². The smallest absolute Gasteiger partial charge is 0.254 e. The molecule has 2 N–H and O–H groups in total. The highest BCUT2D eigenvalue weighted by Crippen LogP contribution is 2.41. The summed E-state index contributed by atoms with van der Waals surface area (Å²) in [7, 11) is 3.66. The summed E-state index contributed by atoms with van der Waals surface area (Å²) in [5.41, 5.74) is 12.4. The first kappa shape index (κ1) is 26.8. The number of piperidine rings is 1. The molecule has 5 heterocycles. The summed E-state index contributed by atoms with van der Waals surface area (Å²) in [4.78, 5) is 26.0. The van der Waals surface area contributed by atoms with E-state index in [1.807, 2.05) is 42.3 Å². The van der Waals surface area contributed by atoms with Crippen LogP contribution in [0.25, 0.3) is 44.8 Å². The molecule has 3 atom stereocenters. The average molecular weight is 605 g/mol. The van der Waals surface area contributed by atoms with E-state index in [1.54, 1.807) is 7.11 Å². The Morgan fingerprint density at radius 1 is 1.00 bits per heavy atom. The number of pyridine rings is 1. The molecule has 10 nitrogen and oxygen atoms in total. The fourth-order valence-electron chi connectivity index (χ4n) is 7.69. The van der Waals surface area contributed by atoms with E-state index in [2.05, 4.69) is 27.3 Å². The molecule has 9 rings (SSSR count). The predicted molar refractivity (Wildman–Crippen MR) is 171 cm³/mol. The summed E-state index contributed by atoms with van der Waals surface area (Å²) in [6, 6.07) is 16.3. The zero-order valence-electron chi connectivity index (χ0n) is 25.5. The van der Waals surface area contributed by atoms with Crippen LogP contribution in [0.3, 0.4) is 0 Å². The van der Waals surface area contributed by atoms with E-state index in [-0.39, 0.29) is 18.0 Å². The van der Waals surface area contributed by atoms with Crippen molar-refractivity contribution in [2.75, 3.05) is 26.9 Å². The fraction of sp³-hybridized carbons (Fsp3) is 0.400. The number of ether oxygens (including phenoxy) is 3. The number of carbonyl (C=O) groups is 1. The van der Waals surface area contributed by atoms with Crippen LogP contribution in [-0.2, 0) is 13.6 Å². The van der Waals surface area contributed by atoms with Crippen LogP contribution in [0, 0.1) is 11.8 Å². The number of benzene rings is 2. The van der Waals surface area contributed by atoms with Gasteiger partial charge >= 0.3 is 0 Å². The van der Waals surface area contributed by atoms with E-state index < -0.39 is 0 Å². The fourth-order valence-corrected chi connectivity index (χ4v) is 7.69. The van der Waals surface area contributed by atoms with Crippen molar-refractivity contribution in [1.29, 1.82) is 0 Å². The molecule has 45 heavy (non-hydrogen) atoms. The second-order valence-electron chi connectivity index (χ2n) is 13.0. The van der Waals surface area contributed by atoms with Gasteiger partial charge in [0, 0.05) is 48.7 Å². The molecule has 3 aromatic heterocycles. The zero-order chi connectivity index (χ0) is 30.4. The number of aromatic nitrogens is 4. The van der Waals surface area contributed by atoms with Crippen LogP contribution >= 0.6 is 0 Å². The standard InChI is InChI=1S/C35H36N6O4/c1-39-32-25(13-23(16-30(32)43-2)35(42)41-18-22-6-9-26(41)31(22)36)38-34(39)27-14-21-5-8-24(37-33(21)40(27)17-19-3-4-19)20-7-10-28-29(15-20)45-12-11-44-28/h5,7-8,10,13-16,19,22,26,31H,3-4,6,9,11-12,17-18,36H2,1-2H3/t22?,26?,31-/m1/s1. The van der Waals surface area contributed by atoms with Gasteiger partial charge in [-0.05, 0) is 86.1 Å². The Morgan fingerprint density at radius 3 is 2.60 bits per heavy atom. The van der Waals surface area contributed by atoms with Crippen molar-refractivity contribution in [2.45, 2.75) is 44.3 Å². The number of hydrogen-bond donors (Lipinski definition) is 1. The van der Waals surface area contributed by atoms with Gasteiger partial charge in [0.15, 0.2) is 17.3 Å². The number of amides is 1. The normalized spacial score (nSPS) is 22.1. The van der Waals surface area contributed by atoms with Gasteiger partial charge in [-0.15, -0.1) is 0 Å². The van der Waals surface area contributed by atoms with Gasteiger partial charge < -0.3 is 34.0 Å². The monoisotopic (exact) mass is 604 g/mol. The Bertz CT molecular complexity index is 2010. The quantitative estimate of drug-likeness (QED) is 0.290. The number of likely N-dealkylation sites (tertiary alicyclic amines) is 1. The molecule has 0 spiro atoms. The highest BCUT2D eigenvalue weighted by Gasteiger charge is 2.47. The Labute approximate surface area is 260 Å². The Hall–Kier alpha value is -4.57. The number of nitrogens with zero attached hydrogens (tertiary/aromatic N) is 5. The minimum absolute atomic E-state index is 0.00349.